The van der Waals surface area contributed by atoms with Gasteiger partial charge in [-0.3, -0.25) is 0 Å². The number of fused-ring (bicyclic) bond motifs is 2. The predicted molar refractivity (Wildman–Crippen MR) is 191 cm³/mol. The third-order valence-corrected chi connectivity index (χ3v) is 40.4. The first-order valence-electron chi connectivity index (χ1n) is 16.2. The predicted octanol–water partition coefficient (Wildman–Crippen LogP) is 11.9. The Morgan fingerprint density at radius 3 is 1.41 bits per heavy atom. The molecule has 1 heteroatoms. The molecule has 0 aliphatic heterocycles. The molecular weight excluding hydrogens is 695 g/mol. The van der Waals surface area contributed by atoms with Crippen molar-refractivity contribution >= 4 is 15.9 Å². The zero-order chi connectivity index (χ0) is 30.6. The van der Waals surface area contributed by atoms with Crippen LogP contribution in [0.4, 0.5) is 0 Å². The number of hydrogen-bond acceptors (Lipinski definition) is 0. The van der Waals surface area contributed by atoms with E-state index in [2.05, 4.69) is 171 Å². The first-order chi connectivity index (χ1) is 21.1. The van der Waals surface area contributed by atoms with E-state index in [0.29, 0.717) is 7.35 Å². The van der Waals surface area contributed by atoms with Crippen molar-refractivity contribution in [2.75, 3.05) is 0 Å². The maximum atomic E-state index is 2.86. The molecule has 0 aromatic heterocycles. The summed E-state index contributed by atoms with van der Waals surface area (Å²) in [4.78, 5) is 0. The van der Waals surface area contributed by atoms with Gasteiger partial charge in [-0.25, -0.2) is 0 Å². The van der Waals surface area contributed by atoms with Crippen LogP contribution in [0.1, 0.15) is 46.3 Å². The molecule has 0 saturated carbocycles. The number of aryl methyl sites for hydroxylation is 2. The van der Waals surface area contributed by atoms with Gasteiger partial charge in [-0.05, 0) is 0 Å². The van der Waals surface area contributed by atoms with E-state index in [1.54, 1.807) is 0 Å². The molecule has 5 aromatic rings. The molecule has 44 heavy (non-hydrogen) atoms. The van der Waals surface area contributed by atoms with Crippen LogP contribution in [-0.2, 0) is 23.0 Å². The quantitative estimate of drug-likeness (QED) is 0.152. The van der Waals surface area contributed by atoms with Gasteiger partial charge in [-0.15, -0.1) is 0 Å². The Morgan fingerprint density at radius 1 is 0.500 bits per heavy atom. The molecule has 0 amide bonds. The van der Waals surface area contributed by atoms with E-state index in [9.17, 15) is 0 Å². The SMILES string of the molecule is Cc1ccccc1-c1cccc2c1C=C[CH]2[Hf]([CH3])([CH3])([CH3])(=[CH]Cc1ccccc1)[CH]1C=Cc2c(-c3ccccc3C)cccc21. The fraction of sp³-hybridized carbons (Fsp3) is 0.186. The van der Waals surface area contributed by atoms with Crippen LogP contribution in [0.2, 0.25) is 14.0 Å². The summed E-state index contributed by atoms with van der Waals surface area (Å²) in [5.41, 5.74) is 15.2. The topological polar surface area (TPSA) is 0 Å². The third-order valence-electron chi connectivity index (χ3n) is 11.3. The summed E-state index contributed by atoms with van der Waals surface area (Å²) in [6.07, 6.45) is 11.1. The van der Waals surface area contributed by atoms with Gasteiger partial charge in [-0.1, -0.05) is 0 Å². The van der Waals surface area contributed by atoms with Crippen molar-refractivity contribution in [2.24, 2.45) is 0 Å². The monoisotopic (exact) mass is 739 g/mol. The van der Waals surface area contributed by atoms with Crippen molar-refractivity contribution in [1.82, 2.24) is 0 Å². The summed E-state index contributed by atoms with van der Waals surface area (Å²) >= 11 is -4.66. The van der Waals surface area contributed by atoms with E-state index in [4.69, 9.17) is 0 Å². The van der Waals surface area contributed by atoms with Gasteiger partial charge in [0.15, 0.2) is 0 Å². The molecule has 2 aliphatic carbocycles. The molecule has 0 radical (unpaired) electrons. The molecular formula is C43H43Hf. The molecule has 2 atom stereocenters. The van der Waals surface area contributed by atoms with Gasteiger partial charge >= 0.3 is 263 Å². The van der Waals surface area contributed by atoms with Crippen LogP contribution in [0, 0.1) is 13.8 Å². The first-order valence-corrected chi connectivity index (χ1v) is 33.2. The normalized spacial score (nSPS) is 18.4. The average Bonchev–Trinajstić information content (AvgIpc) is 3.68. The molecule has 5 aromatic carbocycles. The molecule has 7 rings (SSSR count). The molecule has 0 heterocycles. The number of benzene rings is 5. The van der Waals surface area contributed by atoms with Crippen LogP contribution >= 0.6 is 0 Å². The Balaban J connectivity index is 1.46. The van der Waals surface area contributed by atoms with E-state index in [1.165, 1.54) is 61.2 Å². The van der Waals surface area contributed by atoms with Crippen LogP contribution < -0.4 is 0 Å². The second-order valence-corrected chi connectivity index (χ2v) is 54.4. The van der Waals surface area contributed by atoms with Crippen LogP contribution in [0.5, 0.6) is 0 Å². The van der Waals surface area contributed by atoms with E-state index in [1.807, 2.05) is 0 Å². The summed E-state index contributed by atoms with van der Waals surface area (Å²) in [5.74, 6) is 0. The molecule has 2 unspecified atom stereocenters. The van der Waals surface area contributed by atoms with E-state index in [-0.39, 0.29) is 0 Å². The number of rotatable bonds is 6. The van der Waals surface area contributed by atoms with E-state index < -0.39 is 16.5 Å². The van der Waals surface area contributed by atoms with E-state index in [0.717, 1.165) is 6.42 Å². The Hall–Kier alpha value is -3.68. The minimum atomic E-state index is -4.66. The fourth-order valence-corrected chi connectivity index (χ4v) is 33.2. The molecule has 0 N–H and O–H groups in total. The number of hydrogen-bond donors (Lipinski definition) is 0. The zero-order valence-corrected chi connectivity index (χ0v) is 30.3. The van der Waals surface area contributed by atoms with Crippen molar-refractivity contribution in [1.29, 1.82) is 0 Å². The summed E-state index contributed by atoms with van der Waals surface area (Å²) in [7, 11) is 0. The molecule has 0 nitrogen and oxygen atoms in total. The molecule has 0 spiro atoms. The summed E-state index contributed by atoms with van der Waals surface area (Å²) < 4.78 is 11.8. The first kappa shape index (κ1) is 29.1. The fourth-order valence-electron chi connectivity index (χ4n) is 8.59. The van der Waals surface area contributed by atoms with Crippen molar-refractivity contribution in [3.05, 3.63) is 166 Å². The van der Waals surface area contributed by atoms with Crippen molar-refractivity contribution in [3.8, 4) is 22.3 Å². The second-order valence-electron chi connectivity index (χ2n) is 15.4. The van der Waals surface area contributed by atoms with E-state index >= 15 is 0 Å². The van der Waals surface area contributed by atoms with Crippen molar-refractivity contribution < 1.29 is 16.5 Å². The van der Waals surface area contributed by atoms with Gasteiger partial charge < -0.3 is 0 Å². The molecule has 219 valence electrons. The van der Waals surface area contributed by atoms with Crippen molar-refractivity contribution in [3.63, 3.8) is 0 Å². The Labute approximate surface area is 261 Å². The summed E-state index contributed by atoms with van der Waals surface area (Å²) in [6, 6.07) is 42.8. The van der Waals surface area contributed by atoms with Crippen LogP contribution in [0.25, 0.3) is 34.4 Å². The van der Waals surface area contributed by atoms with Gasteiger partial charge in [0.1, 0.15) is 0 Å². The molecule has 0 bridgehead atoms. The standard InChI is InChI=1S/2C16H13.C8H8.3CH3.Hf/c2*1-12-6-2-3-9-14(12)16-11-5-8-13-7-4-10-15(13)16;1-2-8-6-4-3-5-7-8;;;;/h2*2-11H,1H3;1,3-7H,2H2;3*1H3;. The molecule has 0 fully saturated rings. The van der Waals surface area contributed by atoms with Crippen LogP contribution in [-0.4, -0.2) is 3.76 Å². The van der Waals surface area contributed by atoms with Crippen LogP contribution in [0.3, 0.4) is 0 Å². The van der Waals surface area contributed by atoms with Crippen LogP contribution in [0.15, 0.2) is 127 Å². The van der Waals surface area contributed by atoms with Gasteiger partial charge in [0.25, 0.3) is 0 Å². The third kappa shape index (κ3) is 4.55. The van der Waals surface area contributed by atoms with Gasteiger partial charge in [0.05, 0.1) is 0 Å². The zero-order valence-electron chi connectivity index (χ0n) is 26.7. The van der Waals surface area contributed by atoms with Crippen molar-refractivity contribution in [2.45, 2.75) is 41.7 Å². The average molecular weight is 738 g/mol. The Kier molecular flexibility index (Phi) is 6.72. The van der Waals surface area contributed by atoms with Gasteiger partial charge in [-0.2, -0.15) is 0 Å². The minimum absolute atomic E-state index is 0.371. The molecule has 2 aliphatic rings. The summed E-state index contributed by atoms with van der Waals surface area (Å²) in [5, 5.41) is 0. The maximum absolute atomic E-state index is 4.66. The number of allylic oxidation sites excluding steroid dienone is 2. The Bertz CT molecular complexity index is 1950. The second kappa shape index (κ2) is 10.2. The van der Waals surface area contributed by atoms with Gasteiger partial charge in [0, 0.05) is 0 Å². The van der Waals surface area contributed by atoms with Gasteiger partial charge in [0.2, 0.25) is 0 Å². The summed E-state index contributed by atoms with van der Waals surface area (Å²) in [6.45, 7) is 4.47. The molecule has 0 saturated heterocycles. The Morgan fingerprint density at radius 2 is 0.932 bits per heavy atom.